The summed E-state index contributed by atoms with van der Waals surface area (Å²) in [5, 5.41) is 3.02. The number of nitrogens with zero attached hydrogens (tertiary/aromatic N) is 1. The summed E-state index contributed by atoms with van der Waals surface area (Å²) in [6, 6.07) is 6.19. The highest BCUT2D eigenvalue weighted by Crippen LogP contribution is 2.19. The Balaban J connectivity index is 2.00. The van der Waals surface area contributed by atoms with Crippen LogP contribution in [-0.4, -0.2) is 36.5 Å². The number of hydrogen-bond acceptors (Lipinski definition) is 3. The Bertz CT molecular complexity index is 490. The number of aryl methyl sites for hydroxylation is 2. The Morgan fingerprint density at radius 1 is 1.40 bits per heavy atom. The van der Waals surface area contributed by atoms with Gasteiger partial charge in [-0.3, -0.25) is 9.69 Å². The average Bonchev–Trinajstić information content (AvgIpc) is 2.44. The lowest BCUT2D eigenvalue weighted by molar-refractivity contribution is -0.117. The first-order valence-corrected chi connectivity index (χ1v) is 7.08. The third kappa shape index (κ3) is 3.46. The topological polar surface area (TPSA) is 58.4 Å². The van der Waals surface area contributed by atoms with E-state index < -0.39 is 0 Å². The molecule has 1 amide bonds. The summed E-state index contributed by atoms with van der Waals surface area (Å²) in [7, 11) is 0. The molecule has 0 spiro atoms. The largest absolute Gasteiger partial charge is 0.329 e. The minimum atomic E-state index is 0.0242. The van der Waals surface area contributed by atoms with Crippen molar-refractivity contribution in [3.8, 4) is 0 Å². The molecule has 1 unspecified atom stereocenters. The molecule has 0 bridgehead atoms. The number of anilines is 1. The van der Waals surface area contributed by atoms with Crippen LogP contribution in [0.5, 0.6) is 0 Å². The average molecular weight is 273 g/mol. The van der Waals surface area contributed by atoms with Gasteiger partial charge in [0.25, 0.3) is 0 Å². The number of hydrogen-bond donors (Lipinski definition) is 2. The van der Waals surface area contributed by atoms with Gasteiger partial charge in [0.15, 0.2) is 0 Å². The monoisotopic (exact) mass is 273 g/mol. The Kier molecular flexibility index (Phi) is 4.93. The van der Waals surface area contributed by atoms with E-state index in [1.165, 1.54) is 0 Å². The second kappa shape index (κ2) is 6.68. The van der Waals surface area contributed by atoms with Crippen LogP contribution in [0.1, 0.15) is 17.5 Å². The van der Waals surface area contributed by atoms with Gasteiger partial charge in [-0.15, -0.1) is 0 Å². The van der Waals surface area contributed by atoms with Crippen LogP contribution in [0, 0.1) is 13.8 Å². The van der Waals surface area contributed by atoms with E-state index in [0.717, 1.165) is 29.8 Å². The van der Waals surface area contributed by atoms with Crippen LogP contribution >= 0.6 is 0 Å². The number of rotatable bonds is 4. The van der Waals surface area contributed by atoms with Crippen LogP contribution in [0.25, 0.3) is 0 Å². The molecule has 0 saturated carbocycles. The van der Waals surface area contributed by atoms with Crippen LogP contribution in [0.15, 0.2) is 30.4 Å². The summed E-state index contributed by atoms with van der Waals surface area (Å²) in [6.45, 7) is 5.84. The van der Waals surface area contributed by atoms with Crippen LogP contribution < -0.4 is 11.1 Å². The lowest BCUT2D eigenvalue weighted by Crippen LogP contribution is -2.45. The molecule has 2 rings (SSSR count). The molecule has 4 heteroatoms. The van der Waals surface area contributed by atoms with E-state index in [4.69, 9.17) is 5.73 Å². The highest BCUT2D eigenvalue weighted by molar-refractivity contribution is 5.93. The molecule has 1 aliphatic heterocycles. The van der Waals surface area contributed by atoms with Crippen molar-refractivity contribution in [3.05, 3.63) is 41.5 Å². The fourth-order valence-corrected chi connectivity index (χ4v) is 2.58. The molecular weight excluding hydrogens is 250 g/mol. The minimum absolute atomic E-state index is 0.0242. The number of para-hydroxylation sites is 1. The summed E-state index contributed by atoms with van der Waals surface area (Å²) >= 11 is 0. The van der Waals surface area contributed by atoms with E-state index >= 15 is 0 Å². The number of carbonyl (C=O) groups excluding carboxylic acids is 1. The third-order valence-corrected chi connectivity index (χ3v) is 3.74. The van der Waals surface area contributed by atoms with Crippen molar-refractivity contribution in [1.29, 1.82) is 0 Å². The molecule has 1 aromatic rings. The maximum Gasteiger partial charge on any atom is 0.238 e. The molecule has 0 fully saturated rings. The molecule has 0 radical (unpaired) electrons. The number of nitrogens with one attached hydrogen (secondary N) is 1. The molecule has 0 saturated heterocycles. The fraction of sp³-hybridized carbons (Fsp3) is 0.438. The predicted octanol–water partition coefficient (Wildman–Crippen LogP) is 1.83. The van der Waals surface area contributed by atoms with E-state index in [-0.39, 0.29) is 11.9 Å². The van der Waals surface area contributed by atoms with Gasteiger partial charge in [0.2, 0.25) is 5.91 Å². The minimum Gasteiger partial charge on any atom is -0.329 e. The van der Waals surface area contributed by atoms with E-state index in [1.807, 2.05) is 32.0 Å². The van der Waals surface area contributed by atoms with Crippen molar-refractivity contribution in [2.75, 3.05) is 25.0 Å². The molecule has 0 aliphatic carbocycles. The quantitative estimate of drug-likeness (QED) is 0.823. The normalized spacial score (nSPS) is 19.1. The van der Waals surface area contributed by atoms with E-state index in [9.17, 15) is 4.79 Å². The van der Waals surface area contributed by atoms with Gasteiger partial charge < -0.3 is 11.1 Å². The van der Waals surface area contributed by atoms with Gasteiger partial charge in [0.05, 0.1) is 6.54 Å². The third-order valence-electron chi connectivity index (χ3n) is 3.74. The zero-order chi connectivity index (χ0) is 14.5. The van der Waals surface area contributed by atoms with Crippen LogP contribution in [0.4, 0.5) is 5.69 Å². The van der Waals surface area contributed by atoms with Crippen LogP contribution in [0.2, 0.25) is 0 Å². The van der Waals surface area contributed by atoms with Crippen LogP contribution in [-0.2, 0) is 4.79 Å². The molecule has 108 valence electrons. The molecule has 1 atom stereocenters. The maximum atomic E-state index is 12.2. The first-order valence-electron chi connectivity index (χ1n) is 7.08. The fourth-order valence-electron chi connectivity index (χ4n) is 2.58. The van der Waals surface area contributed by atoms with Gasteiger partial charge in [0.1, 0.15) is 0 Å². The molecule has 1 aromatic carbocycles. The van der Waals surface area contributed by atoms with Crippen molar-refractivity contribution in [2.45, 2.75) is 26.3 Å². The Morgan fingerprint density at radius 2 is 2.10 bits per heavy atom. The summed E-state index contributed by atoms with van der Waals surface area (Å²) in [5.74, 6) is 0.0242. The van der Waals surface area contributed by atoms with Gasteiger partial charge in [0, 0.05) is 24.8 Å². The molecule has 20 heavy (non-hydrogen) atoms. The Labute approximate surface area is 120 Å². The Hall–Kier alpha value is -1.65. The van der Waals surface area contributed by atoms with Gasteiger partial charge in [-0.2, -0.15) is 0 Å². The van der Waals surface area contributed by atoms with E-state index in [2.05, 4.69) is 22.4 Å². The van der Waals surface area contributed by atoms with Crippen molar-refractivity contribution >= 4 is 11.6 Å². The number of nitrogens with two attached hydrogens (primary N) is 1. The number of benzene rings is 1. The molecule has 0 aromatic heterocycles. The Morgan fingerprint density at radius 3 is 2.75 bits per heavy atom. The molecule has 3 N–H and O–H groups in total. The number of amides is 1. The summed E-state index contributed by atoms with van der Waals surface area (Å²) in [4.78, 5) is 14.4. The summed E-state index contributed by atoms with van der Waals surface area (Å²) in [6.07, 6.45) is 5.21. The molecular formula is C16H23N3O. The first-order chi connectivity index (χ1) is 9.61. The van der Waals surface area contributed by atoms with Crippen molar-refractivity contribution in [2.24, 2.45) is 5.73 Å². The number of carbonyl (C=O) groups is 1. The van der Waals surface area contributed by atoms with Crippen molar-refractivity contribution < 1.29 is 4.79 Å². The molecule has 4 nitrogen and oxygen atoms in total. The van der Waals surface area contributed by atoms with Gasteiger partial charge in [-0.25, -0.2) is 0 Å². The standard InChI is InChI=1S/C16H23N3O/c1-12-6-5-7-13(2)16(12)18-15(20)11-19-9-4-3-8-14(19)10-17/h3,5-8,14H,4,9-11,17H2,1-2H3,(H,18,20). The van der Waals surface area contributed by atoms with Crippen LogP contribution in [0.3, 0.4) is 0 Å². The second-order valence-electron chi connectivity index (χ2n) is 5.31. The van der Waals surface area contributed by atoms with Gasteiger partial charge in [-0.05, 0) is 31.4 Å². The molecule has 1 heterocycles. The van der Waals surface area contributed by atoms with Gasteiger partial charge in [-0.1, -0.05) is 30.4 Å². The smallest absolute Gasteiger partial charge is 0.238 e. The first kappa shape index (κ1) is 14.8. The van der Waals surface area contributed by atoms with E-state index in [1.54, 1.807) is 0 Å². The van der Waals surface area contributed by atoms with E-state index in [0.29, 0.717) is 13.1 Å². The lowest BCUT2D eigenvalue weighted by atomic mass is 10.1. The van der Waals surface area contributed by atoms with Crippen molar-refractivity contribution in [1.82, 2.24) is 4.90 Å². The highest BCUT2D eigenvalue weighted by Gasteiger charge is 2.20. The van der Waals surface area contributed by atoms with Crippen molar-refractivity contribution in [3.63, 3.8) is 0 Å². The predicted molar refractivity (Wildman–Crippen MR) is 82.7 cm³/mol. The zero-order valence-corrected chi connectivity index (χ0v) is 12.2. The van der Waals surface area contributed by atoms with Gasteiger partial charge >= 0.3 is 0 Å². The summed E-state index contributed by atoms with van der Waals surface area (Å²) < 4.78 is 0. The summed E-state index contributed by atoms with van der Waals surface area (Å²) in [5.41, 5.74) is 8.85. The lowest BCUT2D eigenvalue weighted by Gasteiger charge is -2.30. The molecule has 1 aliphatic rings. The second-order valence-corrected chi connectivity index (χ2v) is 5.31. The maximum absolute atomic E-state index is 12.2. The SMILES string of the molecule is Cc1cccc(C)c1NC(=O)CN1CCC=CC1CN. The highest BCUT2D eigenvalue weighted by atomic mass is 16.2. The zero-order valence-electron chi connectivity index (χ0n) is 12.2.